The molecule has 6 nitrogen and oxygen atoms in total. The van der Waals surface area contributed by atoms with Crippen LogP contribution in [0.3, 0.4) is 0 Å². The average molecular weight is 291 g/mol. The fourth-order valence-electron chi connectivity index (χ4n) is 1.75. The van der Waals surface area contributed by atoms with Crippen molar-refractivity contribution in [3.05, 3.63) is 69.5 Å². The first kappa shape index (κ1) is 14.4. The van der Waals surface area contributed by atoms with Gasteiger partial charge in [-0.25, -0.2) is 9.18 Å². The number of ether oxygens (including phenoxy) is 1. The van der Waals surface area contributed by atoms with Gasteiger partial charge in [0.25, 0.3) is 5.69 Å². The summed E-state index contributed by atoms with van der Waals surface area (Å²) in [6.07, 6.45) is 0. The van der Waals surface area contributed by atoms with E-state index in [0.717, 1.165) is 6.07 Å². The molecule has 0 unspecified atom stereocenters. The Morgan fingerprint density at radius 3 is 2.48 bits per heavy atom. The van der Waals surface area contributed by atoms with Gasteiger partial charge in [-0.1, -0.05) is 18.2 Å². The molecule has 7 heteroatoms. The van der Waals surface area contributed by atoms with Crippen LogP contribution in [0.2, 0.25) is 0 Å². The molecule has 108 valence electrons. The van der Waals surface area contributed by atoms with E-state index in [2.05, 4.69) is 0 Å². The third kappa shape index (κ3) is 3.33. The number of nitrogens with zero attached hydrogens (tertiary/aromatic N) is 1. The monoisotopic (exact) mass is 291 g/mol. The Morgan fingerprint density at radius 2 is 1.90 bits per heavy atom. The van der Waals surface area contributed by atoms with Crippen molar-refractivity contribution in [1.82, 2.24) is 0 Å². The third-order valence-electron chi connectivity index (χ3n) is 2.72. The van der Waals surface area contributed by atoms with Gasteiger partial charge in [0, 0.05) is 6.07 Å². The molecule has 2 aromatic rings. The SMILES string of the molecule is O=C(O)c1c(OCc2ccc(F)cc2)cccc1[N+](=O)[O-]. The Bertz CT molecular complexity index is 684. The topological polar surface area (TPSA) is 89.7 Å². The number of benzene rings is 2. The highest BCUT2D eigenvalue weighted by molar-refractivity contribution is 5.95. The Kier molecular flexibility index (Phi) is 4.13. The molecule has 0 aliphatic heterocycles. The van der Waals surface area contributed by atoms with Gasteiger partial charge in [-0.2, -0.15) is 0 Å². The highest BCUT2D eigenvalue weighted by Gasteiger charge is 2.24. The molecule has 0 fully saturated rings. The molecular weight excluding hydrogens is 281 g/mol. The molecule has 2 aromatic carbocycles. The van der Waals surface area contributed by atoms with E-state index < -0.39 is 28.0 Å². The van der Waals surface area contributed by atoms with Gasteiger partial charge in [-0.15, -0.1) is 0 Å². The Morgan fingerprint density at radius 1 is 1.24 bits per heavy atom. The molecule has 0 radical (unpaired) electrons. The highest BCUT2D eigenvalue weighted by atomic mass is 19.1. The average Bonchev–Trinajstić information content (AvgIpc) is 2.46. The molecule has 1 N–H and O–H groups in total. The first-order valence-electron chi connectivity index (χ1n) is 5.87. The van der Waals surface area contributed by atoms with Crippen molar-refractivity contribution in [3.8, 4) is 5.75 Å². The minimum absolute atomic E-state index is 0.0261. The van der Waals surface area contributed by atoms with Gasteiger partial charge in [0.1, 0.15) is 18.2 Å². The van der Waals surface area contributed by atoms with Gasteiger partial charge in [0.15, 0.2) is 5.56 Å². The van der Waals surface area contributed by atoms with E-state index in [-0.39, 0.29) is 12.4 Å². The minimum atomic E-state index is -1.45. The third-order valence-corrected chi connectivity index (χ3v) is 2.72. The summed E-state index contributed by atoms with van der Waals surface area (Å²) < 4.78 is 18.1. The van der Waals surface area contributed by atoms with Crippen LogP contribution in [-0.2, 0) is 6.61 Å². The largest absolute Gasteiger partial charge is 0.488 e. The maximum atomic E-state index is 12.8. The van der Waals surface area contributed by atoms with Crippen molar-refractivity contribution in [2.24, 2.45) is 0 Å². The summed E-state index contributed by atoms with van der Waals surface area (Å²) in [7, 11) is 0. The zero-order valence-electron chi connectivity index (χ0n) is 10.7. The minimum Gasteiger partial charge on any atom is -0.488 e. The van der Waals surface area contributed by atoms with E-state index in [0.29, 0.717) is 5.56 Å². The van der Waals surface area contributed by atoms with Crippen molar-refractivity contribution >= 4 is 11.7 Å². The van der Waals surface area contributed by atoms with E-state index in [9.17, 15) is 19.3 Å². The maximum absolute atomic E-state index is 12.8. The number of carboxylic acid groups (broad SMARTS) is 1. The van der Waals surface area contributed by atoms with Gasteiger partial charge in [0.05, 0.1) is 4.92 Å². The van der Waals surface area contributed by atoms with Crippen molar-refractivity contribution in [2.45, 2.75) is 6.61 Å². The number of hydrogen-bond acceptors (Lipinski definition) is 4. The quantitative estimate of drug-likeness (QED) is 0.675. The summed E-state index contributed by atoms with van der Waals surface area (Å²) in [4.78, 5) is 21.2. The number of hydrogen-bond donors (Lipinski definition) is 1. The molecular formula is C14H10FNO5. The summed E-state index contributed by atoms with van der Waals surface area (Å²) in [5.41, 5.74) is -0.442. The van der Waals surface area contributed by atoms with E-state index in [1.54, 1.807) is 0 Å². The molecule has 0 aliphatic rings. The van der Waals surface area contributed by atoms with Crippen LogP contribution >= 0.6 is 0 Å². The fourth-order valence-corrected chi connectivity index (χ4v) is 1.75. The molecule has 0 saturated carbocycles. The van der Waals surface area contributed by atoms with Gasteiger partial charge in [-0.05, 0) is 23.8 Å². The smallest absolute Gasteiger partial charge is 0.346 e. The molecule has 0 bridgehead atoms. The van der Waals surface area contributed by atoms with Crippen molar-refractivity contribution in [3.63, 3.8) is 0 Å². The Balaban J connectivity index is 2.27. The summed E-state index contributed by atoms with van der Waals surface area (Å²) in [6.45, 7) is -0.0261. The van der Waals surface area contributed by atoms with Crippen LogP contribution in [0, 0.1) is 15.9 Å². The first-order valence-corrected chi connectivity index (χ1v) is 5.87. The molecule has 0 saturated heterocycles. The van der Waals surface area contributed by atoms with Crippen molar-refractivity contribution in [1.29, 1.82) is 0 Å². The second-order valence-electron chi connectivity index (χ2n) is 4.13. The van der Waals surface area contributed by atoms with Crippen LogP contribution in [0.4, 0.5) is 10.1 Å². The molecule has 0 spiro atoms. The Hall–Kier alpha value is -2.96. The number of rotatable bonds is 5. The summed E-state index contributed by atoms with van der Waals surface area (Å²) in [5.74, 6) is -1.96. The molecule has 0 aliphatic carbocycles. The lowest BCUT2D eigenvalue weighted by molar-refractivity contribution is -0.385. The van der Waals surface area contributed by atoms with Gasteiger partial charge in [0.2, 0.25) is 0 Å². The normalized spacial score (nSPS) is 10.1. The van der Waals surface area contributed by atoms with E-state index in [4.69, 9.17) is 9.84 Å². The fraction of sp³-hybridized carbons (Fsp3) is 0.0714. The molecule has 0 amide bonds. The number of aromatic carboxylic acids is 1. The number of nitro benzene ring substituents is 1. The zero-order chi connectivity index (χ0) is 15.4. The number of nitro groups is 1. The van der Waals surface area contributed by atoms with Crippen LogP contribution in [0.15, 0.2) is 42.5 Å². The molecule has 2 rings (SSSR count). The van der Waals surface area contributed by atoms with E-state index in [1.807, 2.05) is 0 Å². The van der Waals surface area contributed by atoms with Crippen LogP contribution in [-0.4, -0.2) is 16.0 Å². The standard InChI is InChI=1S/C14H10FNO5/c15-10-6-4-9(5-7-10)8-21-12-3-1-2-11(16(19)20)13(12)14(17)18/h1-7H,8H2,(H,17,18). The van der Waals surface area contributed by atoms with E-state index >= 15 is 0 Å². The summed E-state index contributed by atoms with van der Waals surface area (Å²) >= 11 is 0. The summed E-state index contributed by atoms with van der Waals surface area (Å²) in [6, 6.07) is 9.20. The highest BCUT2D eigenvalue weighted by Crippen LogP contribution is 2.28. The van der Waals surface area contributed by atoms with Crippen LogP contribution in [0.1, 0.15) is 15.9 Å². The predicted octanol–water partition coefficient (Wildman–Crippen LogP) is 3.01. The predicted molar refractivity (Wildman–Crippen MR) is 70.8 cm³/mol. The second kappa shape index (κ2) is 6.00. The van der Waals surface area contributed by atoms with Crippen molar-refractivity contribution in [2.75, 3.05) is 0 Å². The second-order valence-corrected chi connectivity index (χ2v) is 4.13. The van der Waals surface area contributed by atoms with E-state index in [1.165, 1.54) is 36.4 Å². The molecule has 0 heterocycles. The molecule has 0 atom stereocenters. The lowest BCUT2D eigenvalue weighted by Gasteiger charge is -2.09. The number of carboxylic acids is 1. The lowest BCUT2D eigenvalue weighted by Crippen LogP contribution is -2.07. The van der Waals surface area contributed by atoms with Gasteiger partial charge < -0.3 is 9.84 Å². The van der Waals surface area contributed by atoms with Gasteiger partial charge in [-0.3, -0.25) is 10.1 Å². The lowest BCUT2D eigenvalue weighted by atomic mass is 10.1. The summed E-state index contributed by atoms with van der Waals surface area (Å²) in [5, 5.41) is 19.9. The zero-order valence-corrected chi connectivity index (χ0v) is 10.7. The maximum Gasteiger partial charge on any atom is 0.346 e. The number of carbonyl (C=O) groups is 1. The van der Waals surface area contributed by atoms with Crippen LogP contribution in [0.5, 0.6) is 5.75 Å². The van der Waals surface area contributed by atoms with Crippen LogP contribution in [0.25, 0.3) is 0 Å². The first-order chi connectivity index (χ1) is 9.99. The Labute approximate surface area is 118 Å². The van der Waals surface area contributed by atoms with Crippen LogP contribution < -0.4 is 4.74 Å². The molecule has 21 heavy (non-hydrogen) atoms. The molecule has 0 aromatic heterocycles. The number of halogens is 1. The van der Waals surface area contributed by atoms with Crippen molar-refractivity contribution < 1.29 is 24.0 Å². The van der Waals surface area contributed by atoms with Gasteiger partial charge >= 0.3 is 5.97 Å².